The maximum atomic E-state index is 12.7. The van der Waals surface area contributed by atoms with Crippen molar-refractivity contribution in [3.63, 3.8) is 0 Å². The fraction of sp³-hybridized carbons (Fsp3) is 0.478. The van der Waals surface area contributed by atoms with E-state index in [0.717, 1.165) is 49.4 Å². The van der Waals surface area contributed by atoms with Crippen LogP contribution in [0, 0.1) is 11.8 Å². The van der Waals surface area contributed by atoms with Crippen LogP contribution in [0.15, 0.2) is 36.5 Å². The lowest BCUT2D eigenvalue weighted by atomic mass is 10.00. The summed E-state index contributed by atoms with van der Waals surface area (Å²) in [7, 11) is 1.62. The minimum absolute atomic E-state index is 0.107. The second kappa shape index (κ2) is 10.4. The van der Waals surface area contributed by atoms with Gasteiger partial charge in [-0.1, -0.05) is 23.7 Å². The van der Waals surface area contributed by atoms with Crippen molar-refractivity contribution in [2.75, 3.05) is 50.6 Å². The average Bonchev–Trinajstić information content (AvgIpc) is 3.29. The minimum Gasteiger partial charge on any atom is -0.385 e. The lowest BCUT2D eigenvalue weighted by Crippen LogP contribution is -2.33. The van der Waals surface area contributed by atoms with Gasteiger partial charge in [0.25, 0.3) is 0 Å². The van der Waals surface area contributed by atoms with Gasteiger partial charge in [0.1, 0.15) is 5.82 Å². The number of hydrogen-bond donors (Lipinski definition) is 3. The predicted octanol–water partition coefficient (Wildman–Crippen LogP) is 3.41. The zero-order valence-electron chi connectivity index (χ0n) is 17.7. The number of halogens is 1. The first-order valence-electron chi connectivity index (χ1n) is 10.8. The summed E-state index contributed by atoms with van der Waals surface area (Å²) in [6.07, 6.45) is 3.62. The van der Waals surface area contributed by atoms with E-state index in [0.29, 0.717) is 29.8 Å². The van der Waals surface area contributed by atoms with Gasteiger partial charge >= 0.3 is 0 Å². The molecule has 0 unspecified atom stereocenters. The van der Waals surface area contributed by atoms with Gasteiger partial charge in [0.05, 0.1) is 17.0 Å². The Morgan fingerprint density at radius 2 is 2.13 bits per heavy atom. The molecule has 2 aliphatic heterocycles. The zero-order chi connectivity index (χ0) is 21.6. The van der Waals surface area contributed by atoms with E-state index in [2.05, 4.69) is 33.1 Å². The molecule has 4 rings (SSSR count). The minimum atomic E-state index is -0.247. The van der Waals surface area contributed by atoms with E-state index in [1.54, 1.807) is 13.3 Å². The fourth-order valence-electron chi connectivity index (χ4n) is 4.12. The molecule has 2 atom stereocenters. The number of benzene rings is 1. The van der Waals surface area contributed by atoms with E-state index in [4.69, 9.17) is 21.1 Å². The number of nitrogens with one attached hydrogen (secondary N) is 3. The molecule has 1 aromatic carbocycles. The number of nitrogens with zero attached hydrogens (tertiary/aromatic N) is 1. The SMILES string of the molecule is CO[C@H]1CNC[C@@H]1C(=O)Nc1cc(-c2cccc(NCC3CCOCC3)c2)c(Cl)cn1. The van der Waals surface area contributed by atoms with Gasteiger partial charge in [0, 0.05) is 57.4 Å². The van der Waals surface area contributed by atoms with Gasteiger partial charge in [-0.05, 0) is 42.5 Å². The molecule has 0 saturated carbocycles. The molecule has 2 aliphatic rings. The second-order valence-electron chi connectivity index (χ2n) is 8.09. The standard InChI is InChI=1S/C23H29ClN4O3/c1-30-21-14-25-12-19(21)23(29)28-22-10-18(20(24)13-27-22)16-3-2-4-17(9-16)26-11-15-5-7-31-8-6-15/h2-4,9-10,13,15,19,21,25-26H,5-8,11-12,14H2,1H3,(H,27,28,29)/t19-,21-/m0/s1. The Bertz CT molecular complexity index is 904. The molecule has 2 aromatic rings. The number of methoxy groups -OCH3 is 1. The van der Waals surface area contributed by atoms with Crippen LogP contribution in [0.2, 0.25) is 5.02 Å². The summed E-state index contributed by atoms with van der Waals surface area (Å²) in [4.78, 5) is 17.0. The summed E-state index contributed by atoms with van der Waals surface area (Å²) in [6, 6.07) is 9.97. The van der Waals surface area contributed by atoms with Crippen LogP contribution in [0.3, 0.4) is 0 Å². The molecule has 3 N–H and O–H groups in total. The number of amides is 1. The van der Waals surface area contributed by atoms with Gasteiger partial charge in [0.2, 0.25) is 5.91 Å². The number of aromatic nitrogens is 1. The molecular weight excluding hydrogens is 416 g/mol. The van der Waals surface area contributed by atoms with Crippen LogP contribution in [-0.2, 0) is 14.3 Å². The fourth-order valence-corrected chi connectivity index (χ4v) is 4.33. The predicted molar refractivity (Wildman–Crippen MR) is 123 cm³/mol. The molecule has 8 heteroatoms. The molecule has 0 aliphatic carbocycles. The van der Waals surface area contributed by atoms with Crippen molar-refractivity contribution in [1.29, 1.82) is 0 Å². The number of pyridine rings is 1. The van der Waals surface area contributed by atoms with Gasteiger partial charge in [-0.2, -0.15) is 0 Å². The smallest absolute Gasteiger partial charge is 0.232 e. The summed E-state index contributed by atoms with van der Waals surface area (Å²) in [5.74, 6) is 0.754. The summed E-state index contributed by atoms with van der Waals surface area (Å²) >= 11 is 6.45. The molecule has 1 aromatic heterocycles. The summed E-state index contributed by atoms with van der Waals surface area (Å²) < 4.78 is 10.8. The summed E-state index contributed by atoms with van der Waals surface area (Å²) in [5.41, 5.74) is 2.84. The first kappa shape index (κ1) is 22.0. The van der Waals surface area contributed by atoms with Crippen LogP contribution in [0.1, 0.15) is 12.8 Å². The van der Waals surface area contributed by atoms with Crippen LogP contribution in [-0.4, -0.2) is 57.0 Å². The van der Waals surface area contributed by atoms with Gasteiger partial charge in [-0.25, -0.2) is 4.98 Å². The van der Waals surface area contributed by atoms with E-state index in [1.165, 1.54) is 0 Å². The highest BCUT2D eigenvalue weighted by Gasteiger charge is 2.33. The third kappa shape index (κ3) is 5.54. The Balaban J connectivity index is 1.46. The Morgan fingerprint density at radius 1 is 1.29 bits per heavy atom. The van der Waals surface area contributed by atoms with Crippen LogP contribution in [0.25, 0.3) is 11.1 Å². The van der Waals surface area contributed by atoms with Crippen molar-refractivity contribution in [1.82, 2.24) is 10.3 Å². The number of carbonyl (C=O) groups excluding carboxylic acids is 1. The van der Waals surface area contributed by atoms with Crippen molar-refractivity contribution in [2.45, 2.75) is 18.9 Å². The molecule has 1 amide bonds. The Labute approximate surface area is 187 Å². The highest BCUT2D eigenvalue weighted by atomic mass is 35.5. The lowest BCUT2D eigenvalue weighted by molar-refractivity contribution is -0.122. The zero-order valence-corrected chi connectivity index (χ0v) is 18.5. The molecule has 0 bridgehead atoms. The summed E-state index contributed by atoms with van der Waals surface area (Å²) in [5, 5.41) is 10.2. The highest BCUT2D eigenvalue weighted by Crippen LogP contribution is 2.31. The number of anilines is 2. The van der Waals surface area contributed by atoms with Crippen LogP contribution in [0.5, 0.6) is 0 Å². The van der Waals surface area contributed by atoms with E-state index < -0.39 is 0 Å². The van der Waals surface area contributed by atoms with Crippen molar-refractivity contribution >= 4 is 29.0 Å². The Hall–Kier alpha value is -2.19. The molecule has 2 fully saturated rings. The van der Waals surface area contributed by atoms with Crippen molar-refractivity contribution in [3.05, 3.63) is 41.6 Å². The lowest BCUT2D eigenvalue weighted by Gasteiger charge is -2.22. The Morgan fingerprint density at radius 3 is 2.94 bits per heavy atom. The molecule has 0 radical (unpaired) electrons. The van der Waals surface area contributed by atoms with Gasteiger partial charge in [-0.3, -0.25) is 4.79 Å². The van der Waals surface area contributed by atoms with Crippen LogP contribution < -0.4 is 16.0 Å². The first-order valence-corrected chi connectivity index (χ1v) is 11.1. The molecule has 2 saturated heterocycles. The third-order valence-corrected chi connectivity index (χ3v) is 6.32. The van der Waals surface area contributed by atoms with Crippen molar-refractivity contribution < 1.29 is 14.3 Å². The van der Waals surface area contributed by atoms with Crippen LogP contribution in [0.4, 0.5) is 11.5 Å². The quantitative estimate of drug-likeness (QED) is 0.607. The van der Waals surface area contributed by atoms with Gasteiger partial charge in [-0.15, -0.1) is 0 Å². The monoisotopic (exact) mass is 444 g/mol. The average molecular weight is 445 g/mol. The molecule has 31 heavy (non-hydrogen) atoms. The second-order valence-corrected chi connectivity index (χ2v) is 8.50. The van der Waals surface area contributed by atoms with Crippen molar-refractivity contribution in [3.8, 4) is 11.1 Å². The van der Waals surface area contributed by atoms with E-state index in [-0.39, 0.29) is 17.9 Å². The molecule has 166 valence electrons. The maximum Gasteiger partial charge on any atom is 0.232 e. The molecule has 7 nitrogen and oxygen atoms in total. The largest absolute Gasteiger partial charge is 0.385 e. The molecular formula is C23H29ClN4O3. The van der Waals surface area contributed by atoms with E-state index >= 15 is 0 Å². The topological polar surface area (TPSA) is 84.5 Å². The highest BCUT2D eigenvalue weighted by molar-refractivity contribution is 6.33. The maximum absolute atomic E-state index is 12.7. The van der Waals surface area contributed by atoms with Crippen LogP contribution >= 0.6 is 11.6 Å². The molecule has 3 heterocycles. The summed E-state index contributed by atoms with van der Waals surface area (Å²) in [6.45, 7) is 3.87. The van der Waals surface area contributed by atoms with Gasteiger partial charge < -0.3 is 25.4 Å². The number of rotatable bonds is 7. The van der Waals surface area contributed by atoms with E-state index in [1.807, 2.05) is 18.2 Å². The first-order chi connectivity index (χ1) is 15.1. The van der Waals surface area contributed by atoms with Gasteiger partial charge in [0.15, 0.2) is 0 Å². The number of carbonyl (C=O) groups is 1. The number of ether oxygens (including phenoxy) is 2. The van der Waals surface area contributed by atoms with Crippen molar-refractivity contribution in [2.24, 2.45) is 11.8 Å². The normalized spacial score (nSPS) is 21.7. The number of hydrogen-bond acceptors (Lipinski definition) is 6. The Kier molecular flexibility index (Phi) is 7.40. The van der Waals surface area contributed by atoms with E-state index in [9.17, 15) is 4.79 Å². The molecule has 0 spiro atoms. The third-order valence-electron chi connectivity index (χ3n) is 6.01.